The van der Waals surface area contributed by atoms with Gasteiger partial charge < -0.3 is 20.7 Å². The number of allylic oxidation sites excluding steroid dienone is 1. The van der Waals surface area contributed by atoms with E-state index < -0.39 is 6.03 Å². The van der Waals surface area contributed by atoms with Crippen molar-refractivity contribution in [1.29, 1.82) is 0 Å². The van der Waals surface area contributed by atoms with E-state index in [9.17, 15) is 4.79 Å². The molecule has 2 heterocycles. The lowest BCUT2D eigenvalue weighted by Gasteiger charge is -2.19. The lowest BCUT2D eigenvalue weighted by molar-refractivity contribution is 0.256. The second-order valence-corrected chi connectivity index (χ2v) is 14.3. The molecule has 1 fully saturated rings. The van der Waals surface area contributed by atoms with Crippen molar-refractivity contribution < 1.29 is 9.53 Å². The number of carbonyl (C=O) groups excluding carboxylic acids is 1. The molecule has 0 spiro atoms. The van der Waals surface area contributed by atoms with E-state index in [2.05, 4.69) is 51.0 Å². The summed E-state index contributed by atoms with van der Waals surface area (Å²) in [5, 5.41) is 8.83. The Morgan fingerprint density at radius 1 is 1.00 bits per heavy atom. The second-order valence-electron chi connectivity index (χ2n) is 12.0. The summed E-state index contributed by atoms with van der Waals surface area (Å²) in [5.41, 5.74) is 8.04. The van der Waals surface area contributed by atoms with Crippen molar-refractivity contribution in [3.63, 3.8) is 0 Å². The predicted molar refractivity (Wildman–Crippen MR) is 183 cm³/mol. The summed E-state index contributed by atoms with van der Waals surface area (Å²) in [6.45, 7) is 12.4. The molecule has 0 radical (unpaired) electrons. The monoisotopic (exact) mass is 609 g/mol. The van der Waals surface area contributed by atoms with Crippen molar-refractivity contribution in [1.82, 2.24) is 15.3 Å². The first-order chi connectivity index (χ1) is 21.1. The molecule has 5 rings (SSSR count). The van der Waals surface area contributed by atoms with E-state index in [-0.39, 0.29) is 13.3 Å². The maximum Gasteiger partial charge on any atom is 0.324 e. The number of hydrogen-bond acceptors (Lipinski definition) is 7. The van der Waals surface area contributed by atoms with Crippen LogP contribution < -0.4 is 31.3 Å². The minimum absolute atomic E-state index is 0.213. The molecule has 1 saturated heterocycles. The number of ether oxygens (including phenoxy) is 1. The van der Waals surface area contributed by atoms with E-state index in [0.717, 1.165) is 42.4 Å². The third kappa shape index (κ3) is 7.71. The van der Waals surface area contributed by atoms with Crippen molar-refractivity contribution in [3.8, 4) is 11.6 Å². The Morgan fingerprint density at radius 2 is 1.70 bits per heavy atom. The van der Waals surface area contributed by atoms with E-state index in [1.807, 2.05) is 69.3 Å². The van der Waals surface area contributed by atoms with Gasteiger partial charge in [0.15, 0.2) is 0 Å². The van der Waals surface area contributed by atoms with E-state index >= 15 is 0 Å². The molecule has 0 bridgehead atoms. The standard InChI is InChI=1S/C34H40N7O2P/c1-34(2,3)29(35)22-30(37-23-12-14-24(15-13-23)44(4)5)39-33(42)38-27-16-17-28(26-11-7-6-10-25(26)27)43-31-18-19-36-32(40-31)41-20-8-9-21-41/h6-7,10-19,22H,8-9,20-21,35H2,1-5H3,(H2,37,38,39,42). The van der Waals surface area contributed by atoms with Crippen LogP contribution >= 0.6 is 7.92 Å². The molecule has 0 saturated carbocycles. The first-order valence-electron chi connectivity index (χ1n) is 14.8. The number of benzene rings is 3. The van der Waals surface area contributed by atoms with Crippen LogP contribution in [0.4, 0.5) is 22.1 Å². The number of hydrogen-bond donors (Lipinski definition) is 3. The number of anilines is 2. The molecule has 0 unspecified atom stereocenters. The summed E-state index contributed by atoms with van der Waals surface area (Å²) < 4.78 is 6.24. The van der Waals surface area contributed by atoms with Crippen LogP contribution in [-0.4, -0.2) is 48.3 Å². The molecule has 44 heavy (non-hydrogen) atoms. The van der Waals surface area contributed by atoms with Crippen molar-refractivity contribution in [2.45, 2.75) is 33.6 Å². The number of amides is 2. The Labute approximate surface area is 260 Å². The summed E-state index contributed by atoms with van der Waals surface area (Å²) in [7, 11) is -0.213. The lowest BCUT2D eigenvalue weighted by Crippen LogP contribution is -2.34. The second kappa shape index (κ2) is 13.4. The maximum absolute atomic E-state index is 13.3. The van der Waals surface area contributed by atoms with Crippen LogP contribution in [0.15, 0.2) is 89.7 Å². The van der Waals surface area contributed by atoms with Crippen LogP contribution in [0.2, 0.25) is 0 Å². The van der Waals surface area contributed by atoms with Crippen LogP contribution in [0.1, 0.15) is 33.6 Å². The number of carbonyl (C=O) groups is 1. The molecular formula is C34H40N7O2P. The van der Waals surface area contributed by atoms with Crippen LogP contribution in [0.3, 0.4) is 0 Å². The number of rotatable bonds is 7. The van der Waals surface area contributed by atoms with Crippen molar-refractivity contribution in [2.24, 2.45) is 16.1 Å². The Bertz CT molecular complexity index is 1690. The van der Waals surface area contributed by atoms with Gasteiger partial charge in [-0.3, -0.25) is 5.32 Å². The molecule has 10 heteroatoms. The van der Waals surface area contributed by atoms with Gasteiger partial charge in [-0.15, -0.1) is 0 Å². The smallest absolute Gasteiger partial charge is 0.324 e. The van der Waals surface area contributed by atoms with Gasteiger partial charge in [-0.05, 0) is 55.7 Å². The molecule has 1 aliphatic rings. The third-order valence-electron chi connectivity index (χ3n) is 7.37. The molecule has 3 aromatic carbocycles. The van der Waals surface area contributed by atoms with Crippen LogP contribution in [0.25, 0.3) is 10.8 Å². The van der Waals surface area contributed by atoms with E-state index in [1.165, 1.54) is 5.30 Å². The number of nitrogens with one attached hydrogen (secondary N) is 2. The molecule has 4 N–H and O–H groups in total. The van der Waals surface area contributed by atoms with E-state index in [0.29, 0.717) is 34.8 Å². The zero-order valence-corrected chi connectivity index (χ0v) is 26.9. The van der Waals surface area contributed by atoms with Gasteiger partial charge in [0.05, 0.1) is 11.4 Å². The Kier molecular flexibility index (Phi) is 9.45. The van der Waals surface area contributed by atoms with Gasteiger partial charge in [0.25, 0.3) is 0 Å². The summed E-state index contributed by atoms with van der Waals surface area (Å²) in [6, 6.07) is 20.8. The summed E-state index contributed by atoms with van der Waals surface area (Å²) in [5.74, 6) is 2.12. The van der Waals surface area contributed by atoms with Crippen LogP contribution in [0.5, 0.6) is 11.6 Å². The number of nitrogens with two attached hydrogens (primary N) is 1. The highest BCUT2D eigenvalue weighted by Crippen LogP contribution is 2.34. The van der Waals surface area contributed by atoms with Crippen molar-refractivity contribution in [2.75, 3.05) is 36.6 Å². The average Bonchev–Trinajstić information content (AvgIpc) is 3.54. The fraction of sp³-hybridized carbons (Fsp3) is 0.294. The third-order valence-corrected chi connectivity index (χ3v) is 8.70. The fourth-order valence-corrected chi connectivity index (χ4v) is 5.48. The minimum Gasteiger partial charge on any atom is -0.438 e. The van der Waals surface area contributed by atoms with Gasteiger partial charge in [0, 0.05) is 53.3 Å². The first kappa shape index (κ1) is 31.0. The highest BCUT2D eigenvalue weighted by Gasteiger charge is 2.18. The lowest BCUT2D eigenvalue weighted by atomic mass is 9.92. The van der Waals surface area contributed by atoms with Gasteiger partial charge in [0.2, 0.25) is 11.8 Å². The maximum atomic E-state index is 13.3. The van der Waals surface area contributed by atoms with Gasteiger partial charge in [-0.2, -0.15) is 4.98 Å². The van der Waals surface area contributed by atoms with Crippen molar-refractivity contribution in [3.05, 3.63) is 84.7 Å². The first-order valence-corrected chi connectivity index (χ1v) is 17.0. The fourth-order valence-electron chi connectivity index (χ4n) is 4.74. The minimum atomic E-state index is -0.436. The summed E-state index contributed by atoms with van der Waals surface area (Å²) in [4.78, 5) is 29.3. The van der Waals surface area contributed by atoms with Gasteiger partial charge >= 0.3 is 6.03 Å². The van der Waals surface area contributed by atoms with Gasteiger partial charge in [0.1, 0.15) is 11.6 Å². The number of urea groups is 1. The molecule has 4 aromatic rings. The molecule has 1 aliphatic heterocycles. The number of nitrogens with zero attached hydrogens (tertiary/aromatic N) is 4. The highest BCUT2D eigenvalue weighted by atomic mass is 31.1. The van der Waals surface area contributed by atoms with E-state index in [4.69, 9.17) is 15.5 Å². The number of fused-ring (bicyclic) bond motifs is 1. The normalized spacial score (nSPS) is 14.3. The Hall–Kier alpha value is -4.49. The molecule has 9 nitrogen and oxygen atoms in total. The van der Waals surface area contributed by atoms with Crippen LogP contribution in [0, 0.1) is 5.41 Å². The zero-order chi connectivity index (χ0) is 31.3. The molecular weight excluding hydrogens is 569 g/mol. The predicted octanol–water partition coefficient (Wildman–Crippen LogP) is 7.13. The summed E-state index contributed by atoms with van der Waals surface area (Å²) >= 11 is 0. The number of amidine groups is 1. The topological polar surface area (TPSA) is 118 Å². The SMILES string of the molecule is CP(C)c1ccc(N=C(C=C(N)C(C)(C)C)NC(=O)Nc2ccc(Oc3ccnc(N4CCCC4)n3)c3ccccc23)cc1. The Balaban J connectivity index is 1.38. The number of aromatic nitrogens is 2. The van der Waals surface area contributed by atoms with Gasteiger partial charge in [-0.25, -0.2) is 14.8 Å². The highest BCUT2D eigenvalue weighted by molar-refractivity contribution is 7.64. The molecule has 228 valence electrons. The summed E-state index contributed by atoms with van der Waals surface area (Å²) in [6.07, 6.45) is 5.71. The zero-order valence-electron chi connectivity index (χ0n) is 26.0. The largest absolute Gasteiger partial charge is 0.438 e. The number of aliphatic imine (C=N–C) groups is 1. The van der Waals surface area contributed by atoms with Crippen molar-refractivity contribution >= 4 is 53.2 Å². The Morgan fingerprint density at radius 3 is 2.39 bits per heavy atom. The molecule has 0 atom stereocenters. The molecule has 1 aromatic heterocycles. The van der Waals surface area contributed by atoms with Crippen LogP contribution in [-0.2, 0) is 0 Å². The quantitative estimate of drug-likeness (QED) is 0.117. The molecule has 2 amide bonds. The molecule has 0 aliphatic carbocycles. The van der Waals surface area contributed by atoms with E-state index in [1.54, 1.807) is 18.3 Å². The average molecular weight is 610 g/mol. The van der Waals surface area contributed by atoms with Gasteiger partial charge in [-0.1, -0.05) is 65.1 Å².